The maximum atomic E-state index is 12.6. The maximum Gasteiger partial charge on any atom is 0.322 e. The molecule has 0 fully saturated rings. The van der Waals surface area contributed by atoms with E-state index in [1.165, 1.54) is 5.56 Å². The summed E-state index contributed by atoms with van der Waals surface area (Å²) < 4.78 is 5.94. The van der Waals surface area contributed by atoms with Crippen LogP contribution in [0.2, 0.25) is 0 Å². The van der Waals surface area contributed by atoms with Crippen LogP contribution in [-0.2, 0) is 13.2 Å². The summed E-state index contributed by atoms with van der Waals surface area (Å²) in [4.78, 5) is 19.0. The van der Waals surface area contributed by atoms with Crippen LogP contribution in [0.25, 0.3) is 0 Å². The number of urea groups is 1. The molecule has 0 atom stereocenters. The summed E-state index contributed by atoms with van der Waals surface area (Å²) >= 11 is 1.55. The second-order valence-electron chi connectivity index (χ2n) is 7.03. The third kappa shape index (κ3) is 5.57. The summed E-state index contributed by atoms with van der Waals surface area (Å²) in [5.74, 6) is 0.884. The van der Waals surface area contributed by atoms with Crippen molar-refractivity contribution in [2.45, 2.75) is 40.8 Å². The lowest BCUT2D eigenvalue weighted by Gasteiger charge is -2.20. The molecule has 6 heteroatoms. The highest BCUT2D eigenvalue weighted by atomic mass is 32.1. The van der Waals surface area contributed by atoms with E-state index < -0.39 is 0 Å². The molecule has 5 nitrogen and oxygen atoms in total. The van der Waals surface area contributed by atoms with Crippen LogP contribution < -0.4 is 10.1 Å². The Kier molecular flexibility index (Phi) is 6.88. The Morgan fingerprint density at radius 2 is 1.90 bits per heavy atom. The lowest BCUT2D eigenvalue weighted by atomic mass is 10.1. The number of ether oxygens (including phenoxy) is 1. The van der Waals surface area contributed by atoms with E-state index in [2.05, 4.69) is 30.2 Å². The number of amides is 2. The molecular weight excluding hydrogens is 382 g/mol. The number of thiazole rings is 1. The predicted molar refractivity (Wildman–Crippen MR) is 119 cm³/mol. The van der Waals surface area contributed by atoms with Gasteiger partial charge in [-0.15, -0.1) is 11.3 Å². The molecule has 152 valence electrons. The van der Waals surface area contributed by atoms with E-state index in [4.69, 9.17) is 4.74 Å². The quantitative estimate of drug-likeness (QED) is 0.544. The Bertz CT molecular complexity index is 967. The van der Waals surface area contributed by atoms with E-state index in [9.17, 15) is 4.79 Å². The van der Waals surface area contributed by atoms with Gasteiger partial charge in [0.05, 0.1) is 12.2 Å². The highest BCUT2D eigenvalue weighted by molar-refractivity contribution is 7.09. The highest BCUT2D eigenvalue weighted by Crippen LogP contribution is 2.22. The summed E-state index contributed by atoms with van der Waals surface area (Å²) in [6.07, 6.45) is 0. The van der Waals surface area contributed by atoms with Crippen LogP contribution >= 0.6 is 11.3 Å². The molecule has 0 spiro atoms. The molecule has 2 aromatic carbocycles. The molecular formula is C23H27N3O2S. The first-order chi connectivity index (χ1) is 14.0. The van der Waals surface area contributed by atoms with Gasteiger partial charge in [-0.2, -0.15) is 0 Å². The SMILES string of the molecule is CCN(Cc1csc(COc2cccc(C)c2C)n1)C(=O)Nc1ccc(C)cc1. The van der Waals surface area contributed by atoms with Crippen molar-refractivity contribution in [3.05, 3.63) is 75.2 Å². The zero-order valence-corrected chi connectivity index (χ0v) is 18.2. The van der Waals surface area contributed by atoms with Crippen molar-refractivity contribution in [1.82, 2.24) is 9.88 Å². The van der Waals surface area contributed by atoms with Crippen LogP contribution in [0.1, 0.15) is 34.3 Å². The molecule has 29 heavy (non-hydrogen) atoms. The Balaban J connectivity index is 1.58. The van der Waals surface area contributed by atoms with E-state index in [1.54, 1.807) is 16.2 Å². The number of carbonyl (C=O) groups is 1. The Labute approximate surface area is 176 Å². The Morgan fingerprint density at radius 3 is 2.62 bits per heavy atom. The zero-order chi connectivity index (χ0) is 20.8. The number of rotatable bonds is 7. The molecule has 0 unspecified atom stereocenters. The number of hydrogen-bond acceptors (Lipinski definition) is 4. The van der Waals surface area contributed by atoms with Crippen molar-refractivity contribution in [2.24, 2.45) is 0 Å². The molecule has 0 radical (unpaired) electrons. The van der Waals surface area contributed by atoms with Crippen LogP contribution in [0.15, 0.2) is 47.8 Å². The fourth-order valence-electron chi connectivity index (χ4n) is 2.87. The molecule has 0 saturated carbocycles. The summed E-state index contributed by atoms with van der Waals surface area (Å²) in [7, 11) is 0. The van der Waals surface area contributed by atoms with E-state index >= 15 is 0 Å². The van der Waals surface area contributed by atoms with Gasteiger partial charge in [0, 0.05) is 17.6 Å². The van der Waals surface area contributed by atoms with Crippen LogP contribution in [0.3, 0.4) is 0 Å². The van der Waals surface area contributed by atoms with Gasteiger partial charge in [-0.3, -0.25) is 0 Å². The van der Waals surface area contributed by atoms with E-state index in [-0.39, 0.29) is 6.03 Å². The lowest BCUT2D eigenvalue weighted by Crippen LogP contribution is -2.34. The van der Waals surface area contributed by atoms with Gasteiger partial charge < -0.3 is 15.0 Å². The number of aromatic nitrogens is 1. The number of aryl methyl sites for hydroxylation is 2. The van der Waals surface area contributed by atoms with Crippen LogP contribution in [0.5, 0.6) is 5.75 Å². The summed E-state index contributed by atoms with van der Waals surface area (Å²) in [5, 5.41) is 5.83. The van der Waals surface area contributed by atoms with Crippen molar-refractivity contribution >= 4 is 23.1 Å². The monoisotopic (exact) mass is 409 g/mol. The molecule has 0 aliphatic rings. The molecule has 0 saturated heterocycles. The lowest BCUT2D eigenvalue weighted by molar-refractivity contribution is 0.211. The normalized spacial score (nSPS) is 10.6. The number of anilines is 1. The van der Waals surface area contributed by atoms with Crippen molar-refractivity contribution < 1.29 is 9.53 Å². The molecule has 1 N–H and O–H groups in total. The predicted octanol–water partition coefficient (Wildman–Crippen LogP) is 5.70. The first-order valence-corrected chi connectivity index (χ1v) is 10.6. The largest absolute Gasteiger partial charge is 0.486 e. The fraction of sp³-hybridized carbons (Fsp3) is 0.304. The minimum absolute atomic E-state index is 0.127. The standard InChI is InChI=1S/C23H27N3O2S/c1-5-26(23(27)25-19-11-9-16(2)10-12-19)13-20-15-29-22(24-20)14-28-21-8-6-7-17(3)18(21)4/h6-12,15H,5,13-14H2,1-4H3,(H,25,27). The van der Waals surface area contributed by atoms with Crippen LogP contribution in [0, 0.1) is 20.8 Å². The van der Waals surface area contributed by atoms with E-state index in [0.717, 1.165) is 33.3 Å². The second kappa shape index (κ2) is 9.56. The summed E-state index contributed by atoms with van der Waals surface area (Å²) in [6, 6.07) is 13.7. The molecule has 1 aromatic heterocycles. The summed E-state index contributed by atoms with van der Waals surface area (Å²) in [6.45, 7) is 9.61. The molecule has 0 aliphatic carbocycles. The number of hydrogen-bond donors (Lipinski definition) is 1. The highest BCUT2D eigenvalue weighted by Gasteiger charge is 2.14. The fourth-order valence-corrected chi connectivity index (χ4v) is 3.57. The average molecular weight is 410 g/mol. The number of benzene rings is 2. The molecule has 0 aliphatic heterocycles. The van der Waals surface area contributed by atoms with Crippen molar-refractivity contribution in [3.8, 4) is 5.75 Å². The van der Waals surface area contributed by atoms with Gasteiger partial charge in [0.1, 0.15) is 17.4 Å². The van der Waals surface area contributed by atoms with Crippen LogP contribution in [-0.4, -0.2) is 22.5 Å². The molecule has 3 rings (SSSR count). The summed E-state index contributed by atoms with van der Waals surface area (Å²) in [5.41, 5.74) is 5.18. The van der Waals surface area contributed by atoms with Gasteiger partial charge in [0.15, 0.2) is 0 Å². The minimum atomic E-state index is -0.127. The maximum absolute atomic E-state index is 12.6. The average Bonchev–Trinajstić information content (AvgIpc) is 3.16. The molecule has 0 bridgehead atoms. The topological polar surface area (TPSA) is 54.5 Å². The van der Waals surface area contributed by atoms with Gasteiger partial charge in [-0.1, -0.05) is 29.8 Å². The first kappa shape index (κ1) is 20.9. The van der Waals surface area contributed by atoms with Gasteiger partial charge in [-0.25, -0.2) is 9.78 Å². The van der Waals surface area contributed by atoms with Crippen molar-refractivity contribution in [1.29, 1.82) is 0 Å². The van der Waals surface area contributed by atoms with Gasteiger partial charge in [0.2, 0.25) is 0 Å². The Hall–Kier alpha value is -2.86. The molecule has 3 aromatic rings. The Morgan fingerprint density at radius 1 is 1.14 bits per heavy atom. The molecule has 1 heterocycles. The number of carbonyl (C=O) groups excluding carboxylic acids is 1. The van der Waals surface area contributed by atoms with E-state index in [1.807, 2.05) is 55.6 Å². The molecule has 2 amide bonds. The third-order valence-electron chi connectivity index (χ3n) is 4.83. The third-order valence-corrected chi connectivity index (χ3v) is 5.70. The smallest absolute Gasteiger partial charge is 0.322 e. The second-order valence-corrected chi connectivity index (χ2v) is 7.97. The van der Waals surface area contributed by atoms with Gasteiger partial charge in [-0.05, 0) is 57.0 Å². The van der Waals surface area contributed by atoms with Gasteiger partial charge in [0.25, 0.3) is 0 Å². The first-order valence-electron chi connectivity index (χ1n) is 9.71. The van der Waals surface area contributed by atoms with E-state index in [0.29, 0.717) is 19.7 Å². The van der Waals surface area contributed by atoms with Crippen molar-refractivity contribution in [2.75, 3.05) is 11.9 Å². The van der Waals surface area contributed by atoms with Crippen molar-refractivity contribution in [3.63, 3.8) is 0 Å². The minimum Gasteiger partial charge on any atom is -0.486 e. The van der Waals surface area contributed by atoms with Gasteiger partial charge >= 0.3 is 6.03 Å². The number of nitrogens with zero attached hydrogens (tertiary/aromatic N) is 2. The number of nitrogens with one attached hydrogen (secondary N) is 1. The zero-order valence-electron chi connectivity index (χ0n) is 17.4. The van der Waals surface area contributed by atoms with Crippen LogP contribution in [0.4, 0.5) is 10.5 Å².